The molecule has 1 amide bonds. The van der Waals surface area contributed by atoms with Gasteiger partial charge in [0.2, 0.25) is 15.9 Å². The van der Waals surface area contributed by atoms with Gasteiger partial charge in [-0.3, -0.25) is 14.9 Å². The van der Waals surface area contributed by atoms with E-state index in [2.05, 4.69) is 5.32 Å². The van der Waals surface area contributed by atoms with Crippen molar-refractivity contribution in [3.8, 4) is 0 Å². The average molecular weight is 409 g/mol. The van der Waals surface area contributed by atoms with Crippen molar-refractivity contribution >= 4 is 21.6 Å². The zero-order valence-electron chi connectivity index (χ0n) is 15.3. The third-order valence-electron chi connectivity index (χ3n) is 5.94. The summed E-state index contributed by atoms with van der Waals surface area (Å²) in [5, 5.41) is 14.1. The summed E-state index contributed by atoms with van der Waals surface area (Å²) in [4.78, 5) is 22.2. The smallest absolute Gasteiger partial charge is 0.289 e. The van der Waals surface area contributed by atoms with Crippen molar-refractivity contribution in [1.29, 1.82) is 0 Å². The molecule has 3 fully saturated rings. The summed E-state index contributed by atoms with van der Waals surface area (Å²) in [6.07, 6.45) is 3.87. The lowest BCUT2D eigenvalue weighted by atomic mass is 9.85. The molecule has 1 aliphatic carbocycles. The van der Waals surface area contributed by atoms with Crippen LogP contribution in [0.3, 0.4) is 0 Å². The minimum Gasteiger partial charge on any atom is -0.370 e. The van der Waals surface area contributed by atoms with Crippen LogP contribution in [-0.4, -0.2) is 54.9 Å². The van der Waals surface area contributed by atoms with Crippen molar-refractivity contribution in [2.24, 2.45) is 5.92 Å². The summed E-state index contributed by atoms with van der Waals surface area (Å²) in [6, 6.07) is 5.08. The Kier molecular flexibility index (Phi) is 5.11. The molecule has 152 valence electrons. The highest BCUT2D eigenvalue weighted by Gasteiger charge is 2.51. The summed E-state index contributed by atoms with van der Waals surface area (Å²) in [5.41, 5.74) is -0.417. The van der Waals surface area contributed by atoms with Crippen molar-refractivity contribution in [3.63, 3.8) is 0 Å². The van der Waals surface area contributed by atoms with E-state index >= 15 is 0 Å². The van der Waals surface area contributed by atoms with E-state index in [4.69, 9.17) is 4.74 Å². The van der Waals surface area contributed by atoms with Crippen molar-refractivity contribution < 1.29 is 22.9 Å². The third-order valence-corrected chi connectivity index (χ3v) is 7.88. The number of nitro benzene ring substituents is 1. The first-order valence-electron chi connectivity index (χ1n) is 9.56. The monoisotopic (exact) mass is 409 g/mol. The Labute approximate surface area is 163 Å². The third kappa shape index (κ3) is 3.40. The van der Waals surface area contributed by atoms with Gasteiger partial charge in [-0.25, -0.2) is 8.42 Å². The van der Waals surface area contributed by atoms with E-state index in [1.807, 2.05) is 0 Å². The van der Waals surface area contributed by atoms with Gasteiger partial charge in [-0.2, -0.15) is 4.31 Å². The number of benzene rings is 1. The number of hydrogen-bond donors (Lipinski definition) is 1. The maximum Gasteiger partial charge on any atom is 0.289 e. The van der Waals surface area contributed by atoms with Crippen LogP contribution >= 0.6 is 0 Å². The van der Waals surface area contributed by atoms with Crippen LogP contribution in [0.1, 0.15) is 32.1 Å². The lowest BCUT2D eigenvalue weighted by molar-refractivity contribution is -0.387. The topological polar surface area (TPSA) is 119 Å². The number of fused-ring (bicyclic) bond motifs is 1. The molecule has 1 aromatic carbocycles. The number of amides is 1. The highest BCUT2D eigenvalue weighted by atomic mass is 32.2. The van der Waals surface area contributed by atoms with Crippen LogP contribution in [0.25, 0.3) is 0 Å². The van der Waals surface area contributed by atoms with Gasteiger partial charge in [0, 0.05) is 25.1 Å². The standard InChI is InChI=1S/C18H23N3O6S/c22-18(12-4-3-5-12)19-10-13-8-9-14-16(27-13)11-20(14)28(25,26)17-7-2-1-6-15(17)21(23)24/h1-2,6-7,12-14,16H,3-5,8-11H2,(H,19,22)/t13-,14-,16-/m1/s1. The number of nitrogens with one attached hydrogen (secondary N) is 1. The highest BCUT2D eigenvalue weighted by Crippen LogP contribution is 2.38. The molecule has 2 saturated heterocycles. The number of ether oxygens (including phenoxy) is 1. The largest absolute Gasteiger partial charge is 0.370 e. The van der Waals surface area contributed by atoms with Crippen LogP contribution in [0.15, 0.2) is 29.2 Å². The number of carbonyl (C=O) groups excluding carboxylic acids is 1. The van der Waals surface area contributed by atoms with E-state index in [0.717, 1.165) is 19.3 Å². The molecule has 9 nitrogen and oxygen atoms in total. The van der Waals surface area contributed by atoms with Crippen molar-refractivity contribution in [2.45, 2.75) is 55.2 Å². The Morgan fingerprint density at radius 2 is 2.00 bits per heavy atom. The molecular weight excluding hydrogens is 386 g/mol. The fourth-order valence-electron chi connectivity index (χ4n) is 4.03. The molecule has 0 bridgehead atoms. The minimum atomic E-state index is -3.96. The van der Waals surface area contributed by atoms with Crippen LogP contribution in [0.4, 0.5) is 5.69 Å². The number of sulfonamides is 1. The fourth-order valence-corrected chi connectivity index (χ4v) is 5.88. The molecule has 1 aromatic rings. The summed E-state index contributed by atoms with van der Waals surface area (Å²) >= 11 is 0. The maximum absolute atomic E-state index is 12.9. The Hall–Kier alpha value is -2.04. The molecule has 4 rings (SSSR count). The molecule has 2 aliphatic heterocycles. The van der Waals surface area contributed by atoms with Gasteiger partial charge in [-0.05, 0) is 31.7 Å². The first-order valence-corrected chi connectivity index (χ1v) is 11.0. The van der Waals surface area contributed by atoms with E-state index in [1.54, 1.807) is 0 Å². The predicted octanol–water partition coefficient (Wildman–Crippen LogP) is 1.43. The van der Waals surface area contributed by atoms with E-state index < -0.39 is 20.6 Å². The number of hydrogen-bond acceptors (Lipinski definition) is 6. The van der Waals surface area contributed by atoms with Crippen molar-refractivity contribution in [2.75, 3.05) is 13.1 Å². The van der Waals surface area contributed by atoms with Gasteiger partial charge in [0.05, 0.1) is 23.2 Å². The van der Waals surface area contributed by atoms with E-state index in [0.29, 0.717) is 19.4 Å². The number of carbonyl (C=O) groups is 1. The number of nitrogens with zero attached hydrogens (tertiary/aromatic N) is 2. The average Bonchev–Trinajstić information content (AvgIpc) is 2.59. The zero-order chi connectivity index (χ0) is 19.9. The van der Waals surface area contributed by atoms with Crippen LogP contribution in [0.5, 0.6) is 0 Å². The van der Waals surface area contributed by atoms with Crippen LogP contribution in [0, 0.1) is 16.0 Å². The minimum absolute atomic E-state index is 0.0752. The quantitative estimate of drug-likeness (QED) is 0.561. The number of rotatable bonds is 6. The van der Waals surface area contributed by atoms with Gasteiger partial charge in [-0.15, -0.1) is 0 Å². The van der Waals surface area contributed by atoms with Crippen LogP contribution in [-0.2, 0) is 19.6 Å². The Bertz CT molecular complexity index is 885. The van der Waals surface area contributed by atoms with Gasteiger partial charge in [0.25, 0.3) is 5.69 Å². The van der Waals surface area contributed by atoms with Crippen molar-refractivity contribution in [1.82, 2.24) is 9.62 Å². The van der Waals surface area contributed by atoms with Gasteiger partial charge < -0.3 is 10.1 Å². The normalized spacial score (nSPS) is 27.9. The van der Waals surface area contributed by atoms with Gasteiger partial charge in [0.1, 0.15) is 0 Å². The number of para-hydroxylation sites is 1. The molecule has 2 heterocycles. The molecule has 0 aromatic heterocycles. The summed E-state index contributed by atoms with van der Waals surface area (Å²) in [6.45, 7) is 0.613. The van der Waals surface area contributed by atoms with Gasteiger partial charge >= 0.3 is 0 Å². The Morgan fingerprint density at radius 1 is 1.25 bits per heavy atom. The van der Waals surface area contributed by atoms with Crippen LogP contribution < -0.4 is 5.32 Å². The van der Waals surface area contributed by atoms with Crippen molar-refractivity contribution in [3.05, 3.63) is 34.4 Å². The SMILES string of the molecule is O=C(NC[C@H]1CC[C@@H]2[C@@H](CN2S(=O)(=O)c2ccccc2[N+](=O)[O-])O1)C1CCC1. The summed E-state index contributed by atoms with van der Waals surface area (Å²) < 4.78 is 33.1. The molecule has 0 spiro atoms. The second-order valence-electron chi connectivity index (χ2n) is 7.61. The first kappa shape index (κ1) is 19.3. The molecular formula is C18H23N3O6S. The molecule has 3 atom stereocenters. The number of nitro groups is 1. The zero-order valence-corrected chi connectivity index (χ0v) is 16.1. The molecule has 0 radical (unpaired) electrons. The molecule has 28 heavy (non-hydrogen) atoms. The Morgan fingerprint density at radius 3 is 2.64 bits per heavy atom. The molecule has 1 N–H and O–H groups in total. The molecule has 10 heteroatoms. The second kappa shape index (κ2) is 7.41. The van der Waals surface area contributed by atoms with Crippen LogP contribution in [0.2, 0.25) is 0 Å². The first-order chi connectivity index (χ1) is 13.4. The summed E-state index contributed by atoms with van der Waals surface area (Å²) in [5.74, 6) is 0.202. The van der Waals surface area contributed by atoms with E-state index in [9.17, 15) is 23.3 Å². The maximum atomic E-state index is 12.9. The second-order valence-corrected chi connectivity index (χ2v) is 9.47. The van der Waals surface area contributed by atoms with Gasteiger partial charge in [-0.1, -0.05) is 18.6 Å². The van der Waals surface area contributed by atoms with E-state index in [1.165, 1.54) is 28.6 Å². The predicted molar refractivity (Wildman–Crippen MR) is 99.0 cm³/mol. The molecule has 0 unspecified atom stereocenters. The lowest BCUT2D eigenvalue weighted by Gasteiger charge is -2.50. The van der Waals surface area contributed by atoms with Gasteiger partial charge in [0.15, 0.2) is 4.90 Å². The molecule has 1 saturated carbocycles. The lowest BCUT2D eigenvalue weighted by Crippen LogP contribution is -2.66. The summed E-state index contributed by atoms with van der Waals surface area (Å²) in [7, 11) is -3.96. The molecule has 3 aliphatic rings. The van der Waals surface area contributed by atoms with E-state index in [-0.39, 0.29) is 41.5 Å². The fraction of sp³-hybridized carbons (Fsp3) is 0.611. The highest BCUT2D eigenvalue weighted by molar-refractivity contribution is 7.89. The Balaban J connectivity index is 1.37.